The molecule has 4 aromatic rings. The second kappa shape index (κ2) is 10.2. The fraction of sp³-hybridized carbons (Fsp3) is 0.0870. The van der Waals surface area contributed by atoms with E-state index in [1.54, 1.807) is 29.7 Å². The van der Waals surface area contributed by atoms with Crippen LogP contribution in [0.1, 0.15) is 11.1 Å². The van der Waals surface area contributed by atoms with E-state index in [9.17, 15) is 9.18 Å². The smallest absolute Gasteiger partial charge is 0.250 e. The number of hydrogen-bond acceptors (Lipinski definition) is 6. The number of benzene rings is 3. The van der Waals surface area contributed by atoms with Crippen LogP contribution in [0.3, 0.4) is 0 Å². The highest BCUT2D eigenvalue weighted by Crippen LogP contribution is 2.29. The molecule has 1 aromatic heterocycles. The number of thiazole rings is 1. The van der Waals surface area contributed by atoms with Gasteiger partial charge in [-0.3, -0.25) is 4.79 Å². The standard InChI is InChI=1S/C23H18FN3O2S2/c24-18-9-5-17(6-10-18)14-29-19-11-7-16(8-12-19)13-25-27-22(28)15-30-23-26-20-3-1-2-4-21(20)31-23/h1-13H,14-15H2,(H,27,28)/b25-13+. The van der Waals surface area contributed by atoms with Crippen LogP contribution < -0.4 is 10.2 Å². The molecule has 3 aromatic carbocycles. The fourth-order valence-corrected chi connectivity index (χ4v) is 4.51. The second-order valence-corrected chi connectivity index (χ2v) is 8.77. The van der Waals surface area contributed by atoms with Gasteiger partial charge < -0.3 is 4.74 Å². The van der Waals surface area contributed by atoms with Gasteiger partial charge in [-0.15, -0.1) is 11.3 Å². The van der Waals surface area contributed by atoms with Crippen molar-refractivity contribution in [2.24, 2.45) is 5.10 Å². The molecule has 0 atom stereocenters. The molecule has 5 nitrogen and oxygen atoms in total. The fourth-order valence-electron chi connectivity index (χ4n) is 2.65. The molecule has 0 radical (unpaired) electrons. The van der Waals surface area contributed by atoms with E-state index in [1.807, 2.05) is 48.5 Å². The molecular formula is C23H18FN3O2S2. The predicted molar refractivity (Wildman–Crippen MR) is 123 cm³/mol. The predicted octanol–water partition coefficient (Wildman–Crippen LogP) is 5.26. The number of carbonyl (C=O) groups is 1. The van der Waals surface area contributed by atoms with Crippen LogP contribution in [-0.2, 0) is 11.4 Å². The third kappa shape index (κ3) is 6.13. The molecule has 0 aliphatic rings. The highest BCUT2D eigenvalue weighted by Gasteiger charge is 2.07. The van der Waals surface area contributed by atoms with E-state index in [-0.39, 0.29) is 17.5 Å². The molecule has 0 aliphatic carbocycles. The summed E-state index contributed by atoms with van der Waals surface area (Å²) in [5.74, 6) is 0.472. The van der Waals surface area contributed by atoms with Crippen molar-refractivity contribution in [2.45, 2.75) is 10.9 Å². The number of nitrogens with one attached hydrogen (secondary N) is 1. The maximum atomic E-state index is 12.9. The number of hydrogen-bond donors (Lipinski definition) is 1. The number of carbonyl (C=O) groups excluding carboxylic acids is 1. The third-order valence-electron chi connectivity index (χ3n) is 4.20. The van der Waals surface area contributed by atoms with Crippen molar-refractivity contribution in [3.8, 4) is 5.75 Å². The lowest BCUT2D eigenvalue weighted by atomic mass is 10.2. The van der Waals surface area contributed by atoms with E-state index in [1.165, 1.54) is 23.9 Å². The Hall–Kier alpha value is -3.23. The summed E-state index contributed by atoms with van der Waals surface area (Å²) in [6.45, 7) is 0.357. The molecule has 1 N–H and O–H groups in total. The first kappa shape index (κ1) is 21.0. The highest BCUT2D eigenvalue weighted by atomic mass is 32.2. The third-order valence-corrected chi connectivity index (χ3v) is 6.38. The van der Waals surface area contributed by atoms with Gasteiger partial charge in [-0.05, 0) is 59.7 Å². The van der Waals surface area contributed by atoms with Crippen molar-refractivity contribution in [3.63, 3.8) is 0 Å². The number of rotatable bonds is 8. The number of thioether (sulfide) groups is 1. The Morgan fingerprint density at radius 3 is 2.65 bits per heavy atom. The summed E-state index contributed by atoms with van der Waals surface area (Å²) in [7, 11) is 0. The van der Waals surface area contributed by atoms with Crippen molar-refractivity contribution in [2.75, 3.05) is 5.75 Å². The Labute approximate surface area is 187 Å². The molecule has 1 heterocycles. The summed E-state index contributed by atoms with van der Waals surface area (Å²) < 4.78 is 20.6. The lowest BCUT2D eigenvalue weighted by molar-refractivity contribution is -0.118. The maximum Gasteiger partial charge on any atom is 0.250 e. The zero-order valence-corrected chi connectivity index (χ0v) is 18.0. The van der Waals surface area contributed by atoms with Crippen LogP contribution in [0.2, 0.25) is 0 Å². The van der Waals surface area contributed by atoms with E-state index >= 15 is 0 Å². The van der Waals surface area contributed by atoms with E-state index in [2.05, 4.69) is 15.5 Å². The minimum Gasteiger partial charge on any atom is -0.489 e. The van der Waals surface area contributed by atoms with Gasteiger partial charge in [-0.2, -0.15) is 5.10 Å². The monoisotopic (exact) mass is 451 g/mol. The first-order chi connectivity index (χ1) is 15.2. The van der Waals surface area contributed by atoms with Crippen LogP contribution in [-0.4, -0.2) is 22.9 Å². The number of ether oxygens (including phenoxy) is 1. The molecular weight excluding hydrogens is 433 g/mol. The number of nitrogens with zero attached hydrogens (tertiary/aromatic N) is 2. The summed E-state index contributed by atoms with van der Waals surface area (Å²) >= 11 is 2.96. The van der Waals surface area contributed by atoms with E-state index in [0.29, 0.717) is 12.4 Å². The topological polar surface area (TPSA) is 63.6 Å². The molecule has 0 saturated heterocycles. The summed E-state index contributed by atoms with van der Waals surface area (Å²) in [4.78, 5) is 16.5. The molecule has 31 heavy (non-hydrogen) atoms. The Kier molecular flexibility index (Phi) is 6.91. The summed E-state index contributed by atoms with van der Waals surface area (Å²) in [5.41, 5.74) is 5.18. The first-order valence-corrected chi connectivity index (χ1v) is 11.2. The van der Waals surface area contributed by atoms with Gasteiger partial charge in [0.1, 0.15) is 18.2 Å². The number of amides is 1. The Balaban J connectivity index is 1.21. The van der Waals surface area contributed by atoms with E-state index in [4.69, 9.17) is 4.74 Å². The van der Waals surface area contributed by atoms with Crippen LogP contribution in [0.25, 0.3) is 10.2 Å². The molecule has 0 saturated carbocycles. The second-order valence-electron chi connectivity index (χ2n) is 6.51. The van der Waals surface area contributed by atoms with Crippen LogP contribution >= 0.6 is 23.1 Å². The van der Waals surface area contributed by atoms with Crippen molar-refractivity contribution in [1.82, 2.24) is 10.4 Å². The quantitative estimate of drug-likeness (QED) is 0.226. The minimum atomic E-state index is -0.269. The molecule has 4 rings (SSSR count). The first-order valence-electron chi connectivity index (χ1n) is 9.43. The van der Waals surface area contributed by atoms with Crippen molar-refractivity contribution in [1.29, 1.82) is 0 Å². The van der Waals surface area contributed by atoms with Crippen molar-refractivity contribution >= 4 is 45.4 Å². The number of halogens is 1. The number of aromatic nitrogens is 1. The molecule has 0 spiro atoms. The minimum absolute atomic E-state index is 0.195. The zero-order valence-electron chi connectivity index (χ0n) is 16.3. The summed E-state index contributed by atoms with van der Waals surface area (Å²) in [6.07, 6.45) is 1.57. The van der Waals surface area contributed by atoms with Gasteiger partial charge in [-0.25, -0.2) is 14.8 Å². The van der Waals surface area contributed by atoms with Gasteiger partial charge in [0.05, 0.1) is 22.2 Å². The number of hydrazone groups is 1. The lowest BCUT2D eigenvalue weighted by Crippen LogP contribution is -2.19. The van der Waals surface area contributed by atoms with Gasteiger partial charge in [0.2, 0.25) is 0 Å². The van der Waals surface area contributed by atoms with Gasteiger partial charge in [0.15, 0.2) is 4.34 Å². The lowest BCUT2D eigenvalue weighted by Gasteiger charge is -2.06. The van der Waals surface area contributed by atoms with Crippen molar-refractivity contribution in [3.05, 3.63) is 89.7 Å². The van der Waals surface area contributed by atoms with Gasteiger partial charge in [-0.1, -0.05) is 36.0 Å². The Bertz CT molecular complexity index is 1160. The molecule has 1 amide bonds. The summed E-state index contributed by atoms with van der Waals surface area (Å²) in [5, 5.41) is 4.00. The SMILES string of the molecule is O=C(CSc1nc2ccccc2s1)N/N=C/c1ccc(OCc2ccc(F)cc2)cc1. The normalized spacial score (nSPS) is 11.1. The van der Waals surface area contributed by atoms with E-state index < -0.39 is 0 Å². The molecule has 8 heteroatoms. The largest absolute Gasteiger partial charge is 0.489 e. The number of para-hydroxylation sites is 1. The average molecular weight is 452 g/mol. The van der Waals surface area contributed by atoms with Crippen LogP contribution in [0, 0.1) is 5.82 Å². The van der Waals surface area contributed by atoms with E-state index in [0.717, 1.165) is 25.7 Å². The highest BCUT2D eigenvalue weighted by molar-refractivity contribution is 8.01. The van der Waals surface area contributed by atoms with Crippen LogP contribution in [0.15, 0.2) is 82.2 Å². The van der Waals surface area contributed by atoms with Gasteiger partial charge in [0.25, 0.3) is 5.91 Å². The zero-order chi connectivity index (χ0) is 21.5. The van der Waals surface area contributed by atoms with Crippen molar-refractivity contribution < 1.29 is 13.9 Å². The van der Waals surface area contributed by atoms with Gasteiger partial charge in [0, 0.05) is 0 Å². The van der Waals surface area contributed by atoms with Gasteiger partial charge >= 0.3 is 0 Å². The maximum absolute atomic E-state index is 12.9. The molecule has 0 fully saturated rings. The van der Waals surface area contributed by atoms with Crippen LogP contribution in [0.4, 0.5) is 4.39 Å². The molecule has 0 bridgehead atoms. The Morgan fingerprint density at radius 1 is 1.10 bits per heavy atom. The summed E-state index contributed by atoms with van der Waals surface area (Å²) in [6, 6.07) is 21.4. The Morgan fingerprint density at radius 2 is 1.87 bits per heavy atom. The number of fused-ring (bicyclic) bond motifs is 1. The average Bonchev–Trinajstić information content (AvgIpc) is 3.21. The van der Waals surface area contributed by atoms with Crippen LogP contribution in [0.5, 0.6) is 5.75 Å². The molecule has 0 aliphatic heterocycles. The molecule has 156 valence electrons. The molecule has 0 unspecified atom stereocenters.